The Morgan fingerprint density at radius 1 is 1.28 bits per heavy atom. The second kappa shape index (κ2) is 9.94. The number of fused-ring (bicyclic) bond motifs is 1. The van der Waals surface area contributed by atoms with E-state index in [1.54, 1.807) is 17.2 Å². The van der Waals surface area contributed by atoms with E-state index >= 15 is 0 Å². The van der Waals surface area contributed by atoms with Crippen molar-refractivity contribution in [1.29, 1.82) is 0 Å². The van der Waals surface area contributed by atoms with Gasteiger partial charge < -0.3 is 15.4 Å². The number of nitrogens with two attached hydrogens (primary N) is 1. The molecule has 1 fully saturated rings. The highest BCUT2D eigenvalue weighted by atomic mass is 35.5. The summed E-state index contributed by atoms with van der Waals surface area (Å²) in [6.45, 7) is 7.12. The molecule has 4 aromatic rings. The van der Waals surface area contributed by atoms with E-state index in [0.717, 1.165) is 29.7 Å². The molecule has 10 heteroatoms. The molecule has 1 amide bonds. The minimum atomic E-state index is -0.0886. The van der Waals surface area contributed by atoms with Crippen molar-refractivity contribution in [2.45, 2.75) is 32.4 Å². The van der Waals surface area contributed by atoms with Crippen LogP contribution < -0.4 is 10.5 Å². The minimum absolute atomic E-state index is 0.0469. The monoisotopic (exact) mass is 503 g/mol. The first-order valence-electron chi connectivity index (χ1n) is 11.7. The van der Waals surface area contributed by atoms with Gasteiger partial charge in [0.15, 0.2) is 5.65 Å². The van der Waals surface area contributed by atoms with E-state index in [2.05, 4.69) is 21.5 Å². The molecule has 2 N–H and O–H groups in total. The fourth-order valence-electron chi connectivity index (χ4n) is 4.45. The molecule has 1 saturated heterocycles. The van der Waals surface area contributed by atoms with E-state index in [4.69, 9.17) is 27.2 Å². The fraction of sp³-hybridized carbons (Fsp3) is 0.269. The molecule has 0 spiro atoms. The number of ether oxygens (including phenoxy) is 1. The third-order valence-corrected chi connectivity index (χ3v) is 6.61. The molecule has 0 aliphatic carbocycles. The van der Waals surface area contributed by atoms with Crippen LogP contribution in [0.5, 0.6) is 5.75 Å². The SMILES string of the molecule is C=CC(=O)N1CCC[C@@H](n2nc(-c3ccc(OCc4ccc(C)nc4)c(Cl)c3)c3c(N)ncnc32)C1. The summed E-state index contributed by atoms with van der Waals surface area (Å²) in [6, 6.07) is 9.38. The number of nitrogen functional groups attached to an aromatic ring is 1. The summed E-state index contributed by atoms with van der Waals surface area (Å²) in [7, 11) is 0. The molecule has 1 atom stereocenters. The van der Waals surface area contributed by atoms with Crippen molar-refractivity contribution in [3.05, 3.63) is 71.8 Å². The number of anilines is 1. The quantitative estimate of drug-likeness (QED) is 0.389. The number of piperidine rings is 1. The van der Waals surface area contributed by atoms with Crippen molar-refractivity contribution < 1.29 is 9.53 Å². The summed E-state index contributed by atoms with van der Waals surface area (Å²) >= 11 is 6.60. The molecular formula is C26H26ClN7O2. The fourth-order valence-corrected chi connectivity index (χ4v) is 4.68. The van der Waals surface area contributed by atoms with Gasteiger partial charge in [-0.25, -0.2) is 14.6 Å². The van der Waals surface area contributed by atoms with Gasteiger partial charge in [-0.05, 0) is 50.1 Å². The molecule has 36 heavy (non-hydrogen) atoms. The predicted molar refractivity (Wildman–Crippen MR) is 139 cm³/mol. The maximum Gasteiger partial charge on any atom is 0.246 e. The van der Waals surface area contributed by atoms with Gasteiger partial charge >= 0.3 is 0 Å². The molecule has 4 heterocycles. The molecule has 1 aliphatic rings. The lowest BCUT2D eigenvalue weighted by atomic mass is 10.1. The predicted octanol–water partition coefficient (Wildman–Crippen LogP) is 4.36. The normalized spacial score (nSPS) is 15.7. The largest absolute Gasteiger partial charge is 0.487 e. The van der Waals surface area contributed by atoms with Crippen molar-refractivity contribution in [2.75, 3.05) is 18.8 Å². The highest BCUT2D eigenvalue weighted by Gasteiger charge is 2.28. The van der Waals surface area contributed by atoms with Gasteiger partial charge in [0, 0.05) is 36.1 Å². The van der Waals surface area contributed by atoms with E-state index in [0.29, 0.717) is 53.0 Å². The van der Waals surface area contributed by atoms with Gasteiger partial charge in [-0.15, -0.1) is 0 Å². The number of rotatable bonds is 6. The first kappa shape index (κ1) is 23.7. The number of aryl methyl sites for hydroxylation is 1. The van der Waals surface area contributed by atoms with Crippen LogP contribution >= 0.6 is 11.6 Å². The summed E-state index contributed by atoms with van der Waals surface area (Å²) in [5.41, 5.74) is 10.2. The summed E-state index contributed by atoms with van der Waals surface area (Å²) in [5.74, 6) is 0.800. The zero-order chi connectivity index (χ0) is 25.2. The number of likely N-dealkylation sites (tertiary alicyclic amines) is 1. The van der Waals surface area contributed by atoms with Gasteiger partial charge in [0.05, 0.1) is 16.5 Å². The molecule has 3 aromatic heterocycles. The average Bonchev–Trinajstić information content (AvgIpc) is 3.29. The highest BCUT2D eigenvalue weighted by molar-refractivity contribution is 6.32. The number of benzene rings is 1. The van der Waals surface area contributed by atoms with Crippen LogP contribution in [0.3, 0.4) is 0 Å². The van der Waals surface area contributed by atoms with Gasteiger partial charge in [0.25, 0.3) is 0 Å². The molecule has 1 aromatic carbocycles. The van der Waals surface area contributed by atoms with Gasteiger partial charge in [0.2, 0.25) is 5.91 Å². The number of pyridine rings is 1. The summed E-state index contributed by atoms with van der Waals surface area (Å²) < 4.78 is 7.77. The van der Waals surface area contributed by atoms with Crippen LogP contribution in [0.25, 0.3) is 22.3 Å². The molecular weight excluding hydrogens is 478 g/mol. The Labute approximate surface area is 213 Å². The van der Waals surface area contributed by atoms with Crippen LogP contribution in [-0.2, 0) is 11.4 Å². The van der Waals surface area contributed by atoms with E-state index in [-0.39, 0.29) is 11.9 Å². The molecule has 5 rings (SSSR count). The Bertz CT molecular complexity index is 1430. The maximum atomic E-state index is 12.2. The first-order chi connectivity index (χ1) is 17.4. The number of hydrogen-bond acceptors (Lipinski definition) is 7. The lowest BCUT2D eigenvalue weighted by Gasteiger charge is -2.32. The van der Waals surface area contributed by atoms with E-state index in [1.807, 2.05) is 35.9 Å². The van der Waals surface area contributed by atoms with E-state index in [1.165, 1.54) is 12.4 Å². The number of hydrogen-bond donors (Lipinski definition) is 1. The number of carbonyl (C=O) groups excluding carboxylic acids is 1. The second-order valence-electron chi connectivity index (χ2n) is 8.78. The van der Waals surface area contributed by atoms with Gasteiger partial charge in [-0.2, -0.15) is 5.10 Å². The van der Waals surface area contributed by atoms with Crippen LogP contribution in [-0.4, -0.2) is 48.6 Å². The smallest absolute Gasteiger partial charge is 0.246 e. The zero-order valence-corrected chi connectivity index (χ0v) is 20.6. The Morgan fingerprint density at radius 3 is 2.89 bits per heavy atom. The lowest BCUT2D eigenvalue weighted by Crippen LogP contribution is -2.40. The second-order valence-corrected chi connectivity index (χ2v) is 9.18. The Hall–Kier alpha value is -3.98. The molecule has 1 aliphatic heterocycles. The highest BCUT2D eigenvalue weighted by Crippen LogP contribution is 2.37. The Balaban J connectivity index is 1.46. The molecule has 0 bridgehead atoms. The van der Waals surface area contributed by atoms with Gasteiger partial charge in [-0.3, -0.25) is 9.78 Å². The minimum Gasteiger partial charge on any atom is -0.487 e. The Kier molecular flexibility index (Phi) is 6.56. The standard InChI is InChI=1S/C26H26ClN7O2/c1-3-22(35)33-10-4-5-19(13-33)34-26-23(25(28)30-15-31-26)24(32-34)18-8-9-21(20(27)11-18)36-14-17-7-6-16(2)29-12-17/h3,6-9,11-12,15,19H,1,4-5,10,13-14H2,2H3,(H2,28,30,31)/t19-/m1/s1. The number of halogens is 1. The van der Waals surface area contributed by atoms with Crippen LogP contribution in [0.2, 0.25) is 5.02 Å². The number of aromatic nitrogens is 5. The third kappa shape index (κ3) is 4.61. The van der Waals surface area contributed by atoms with Crippen LogP contribution in [0.4, 0.5) is 5.82 Å². The number of amides is 1. The van der Waals surface area contributed by atoms with Crippen LogP contribution in [0.1, 0.15) is 30.1 Å². The molecule has 9 nitrogen and oxygen atoms in total. The number of carbonyl (C=O) groups is 1. The summed E-state index contributed by atoms with van der Waals surface area (Å²) in [5, 5.41) is 6.00. The molecule has 0 unspecified atom stereocenters. The van der Waals surface area contributed by atoms with Gasteiger partial charge in [-0.1, -0.05) is 24.2 Å². The maximum absolute atomic E-state index is 12.2. The topological polar surface area (TPSA) is 112 Å². The van der Waals surface area contributed by atoms with Crippen LogP contribution in [0, 0.1) is 6.92 Å². The summed E-state index contributed by atoms with van der Waals surface area (Å²) in [6.07, 6.45) is 6.28. The van der Waals surface area contributed by atoms with Gasteiger partial charge in [0.1, 0.15) is 30.2 Å². The molecule has 184 valence electrons. The first-order valence-corrected chi connectivity index (χ1v) is 12.1. The van der Waals surface area contributed by atoms with Crippen molar-refractivity contribution >= 4 is 34.4 Å². The van der Waals surface area contributed by atoms with E-state index < -0.39 is 0 Å². The number of nitrogens with zero attached hydrogens (tertiary/aromatic N) is 6. The van der Waals surface area contributed by atoms with Crippen molar-refractivity contribution in [1.82, 2.24) is 29.6 Å². The molecule has 0 saturated carbocycles. The zero-order valence-electron chi connectivity index (χ0n) is 19.9. The summed E-state index contributed by atoms with van der Waals surface area (Å²) in [4.78, 5) is 27.0. The van der Waals surface area contributed by atoms with Crippen LogP contribution in [0.15, 0.2) is 55.5 Å². The lowest BCUT2D eigenvalue weighted by molar-refractivity contribution is -0.127. The molecule has 0 radical (unpaired) electrons. The average molecular weight is 504 g/mol. The van der Waals surface area contributed by atoms with Crippen molar-refractivity contribution in [2.24, 2.45) is 0 Å². The Morgan fingerprint density at radius 2 is 2.14 bits per heavy atom. The van der Waals surface area contributed by atoms with Crippen molar-refractivity contribution in [3.63, 3.8) is 0 Å². The third-order valence-electron chi connectivity index (χ3n) is 6.32. The van der Waals surface area contributed by atoms with Crippen molar-refractivity contribution in [3.8, 4) is 17.0 Å². The van der Waals surface area contributed by atoms with E-state index in [9.17, 15) is 4.79 Å².